The van der Waals surface area contributed by atoms with Gasteiger partial charge in [0.1, 0.15) is 6.04 Å². The Labute approximate surface area is 146 Å². The molecular weight excluding hydrogens is 322 g/mol. The lowest BCUT2D eigenvalue weighted by Crippen LogP contribution is -2.47. The molecule has 3 rings (SSSR count). The van der Waals surface area contributed by atoms with Gasteiger partial charge in [0.2, 0.25) is 5.91 Å². The first-order valence-electron chi connectivity index (χ1n) is 8.56. The molecule has 0 aromatic heterocycles. The van der Waals surface area contributed by atoms with E-state index in [4.69, 9.17) is 5.11 Å². The fraction of sp³-hybridized carbons (Fsp3) is 0.500. The second-order valence-electron chi connectivity index (χ2n) is 6.81. The summed E-state index contributed by atoms with van der Waals surface area (Å²) in [5.41, 5.74) is 2.24. The number of carboxylic acid groups (broad SMARTS) is 1. The van der Waals surface area contributed by atoms with Crippen LogP contribution in [0.4, 0.5) is 4.79 Å². The van der Waals surface area contributed by atoms with Crippen molar-refractivity contribution in [3.63, 3.8) is 0 Å². The van der Waals surface area contributed by atoms with Crippen molar-refractivity contribution in [2.75, 3.05) is 19.6 Å². The van der Waals surface area contributed by atoms with Crippen molar-refractivity contribution in [3.05, 3.63) is 35.4 Å². The van der Waals surface area contributed by atoms with E-state index in [-0.39, 0.29) is 18.5 Å². The molecule has 7 nitrogen and oxygen atoms in total. The number of urea groups is 1. The van der Waals surface area contributed by atoms with Crippen molar-refractivity contribution >= 4 is 17.9 Å². The molecule has 25 heavy (non-hydrogen) atoms. The summed E-state index contributed by atoms with van der Waals surface area (Å²) in [5.74, 6) is -1.47. The Hall–Kier alpha value is -2.57. The number of likely N-dealkylation sites (tertiary alicyclic amines) is 2. The molecule has 2 fully saturated rings. The molecule has 0 saturated carbocycles. The van der Waals surface area contributed by atoms with Crippen molar-refractivity contribution in [1.29, 1.82) is 0 Å². The molecule has 2 N–H and O–H groups in total. The number of nitrogens with zero attached hydrogens (tertiary/aromatic N) is 2. The summed E-state index contributed by atoms with van der Waals surface area (Å²) in [6.45, 7) is 3.78. The van der Waals surface area contributed by atoms with E-state index in [0.717, 1.165) is 5.56 Å². The molecule has 3 amide bonds. The van der Waals surface area contributed by atoms with E-state index in [0.29, 0.717) is 32.5 Å². The van der Waals surface area contributed by atoms with Gasteiger partial charge in [0.15, 0.2) is 0 Å². The van der Waals surface area contributed by atoms with Crippen LogP contribution in [0, 0.1) is 12.8 Å². The fourth-order valence-corrected chi connectivity index (χ4v) is 3.33. The van der Waals surface area contributed by atoms with E-state index in [2.05, 4.69) is 5.32 Å². The topological polar surface area (TPSA) is 90.0 Å². The molecule has 2 atom stereocenters. The van der Waals surface area contributed by atoms with Crippen molar-refractivity contribution in [1.82, 2.24) is 15.1 Å². The number of hydrogen-bond donors (Lipinski definition) is 2. The van der Waals surface area contributed by atoms with Crippen LogP contribution in [0.1, 0.15) is 24.0 Å². The molecule has 0 spiro atoms. The summed E-state index contributed by atoms with van der Waals surface area (Å²) in [5, 5.41) is 11.8. The summed E-state index contributed by atoms with van der Waals surface area (Å²) >= 11 is 0. The molecule has 7 heteroatoms. The van der Waals surface area contributed by atoms with Crippen LogP contribution in [0.2, 0.25) is 0 Å². The van der Waals surface area contributed by atoms with Crippen molar-refractivity contribution < 1.29 is 19.5 Å². The smallest absolute Gasteiger partial charge is 0.318 e. The van der Waals surface area contributed by atoms with E-state index in [1.54, 1.807) is 4.90 Å². The monoisotopic (exact) mass is 345 g/mol. The van der Waals surface area contributed by atoms with Gasteiger partial charge in [0.25, 0.3) is 0 Å². The summed E-state index contributed by atoms with van der Waals surface area (Å²) in [4.78, 5) is 39.0. The number of aryl methyl sites for hydroxylation is 1. The molecular formula is C18H23N3O4. The van der Waals surface area contributed by atoms with Crippen LogP contribution in [0.3, 0.4) is 0 Å². The number of aliphatic carboxylic acids is 1. The van der Waals surface area contributed by atoms with Crippen molar-refractivity contribution in [3.8, 4) is 0 Å². The van der Waals surface area contributed by atoms with Gasteiger partial charge in [-0.25, -0.2) is 4.79 Å². The maximum atomic E-state index is 12.5. The lowest BCUT2D eigenvalue weighted by molar-refractivity contribution is -0.141. The van der Waals surface area contributed by atoms with E-state index in [1.807, 2.05) is 31.2 Å². The highest BCUT2D eigenvalue weighted by molar-refractivity contribution is 5.89. The third kappa shape index (κ3) is 3.92. The van der Waals surface area contributed by atoms with Crippen molar-refractivity contribution in [2.45, 2.75) is 32.4 Å². The second-order valence-corrected chi connectivity index (χ2v) is 6.81. The van der Waals surface area contributed by atoms with Gasteiger partial charge in [-0.15, -0.1) is 0 Å². The highest BCUT2D eigenvalue weighted by atomic mass is 16.4. The lowest BCUT2D eigenvalue weighted by Gasteiger charge is -2.20. The Bertz CT molecular complexity index is 673. The van der Waals surface area contributed by atoms with E-state index in [1.165, 1.54) is 10.5 Å². The van der Waals surface area contributed by atoms with E-state index >= 15 is 0 Å². The molecule has 2 heterocycles. The molecule has 1 aromatic carbocycles. The lowest BCUT2D eigenvalue weighted by atomic mass is 10.1. The number of nitrogens with one attached hydrogen (secondary N) is 1. The Balaban J connectivity index is 1.52. The largest absolute Gasteiger partial charge is 0.481 e. The summed E-state index contributed by atoms with van der Waals surface area (Å²) in [7, 11) is 0. The third-order valence-corrected chi connectivity index (χ3v) is 4.91. The minimum absolute atomic E-state index is 0.0806. The Morgan fingerprint density at radius 1 is 1.20 bits per heavy atom. The first kappa shape index (κ1) is 17.3. The van der Waals surface area contributed by atoms with Gasteiger partial charge in [0.05, 0.1) is 5.92 Å². The van der Waals surface area contributed by atoms with E-state index in [9.17, 15) is 14.4 Å². The molecule has 2 saturated heterocycles. The number of carbonyl (C=O) groups excluding carboxylic acids is 2. The molecule has 2 aliphatic rings. The fourth-order valence-electron chi connectivity index (χ4n) is 3.33. The SMILES string of the molecule is Cc1ccc(CN2CC[C@@H](NC(=O)N3CC[C@H](C(=O)O)C3)C2=O)cc1. The van der Waals surface area contributed by atoms with Gasteiger partial charge < -0.3 is 20.2 Å². The van der Waals surface area contributed by atoms with Gasteiger partial charge in [-0.05, 0) is 25.3 Å². The number of carboxylic acids is 1. The highest BCUT2D eigenvalue weighted by Gasteiger charge is 2.36. The van der Waals surface area contributed by atoms with Gasteiger partial charge in [-0.3, -0.25) is 9.59 Å². The Morgan fingerprint density at radius 2 is 1.92 bits per heavy atom. The maximum absolute atomic E-state index is 12.5. The number of rotatable bonds is 4. The molecule has 0 bridgehead atoms. The van der Waals surface area contributed by atoms with Gasteiger partial charge in [-0.1, -0.05) is 29.8 Å². The van der Waals surface area contributed by atoms with Crippen LogP contribution in [-0.2, 0) is 16.1 Å². The zero-order chi connectivity index (χ0) is 18.0. The zero-order valence-corrected chi connectivity index (χ0v) is 14.3. The summed E-state index contributed by atoms with van der Waals surface area (Å²) in [6.07, 6.45) is 1.04. The summed E-state index contributed by atoms with van der Waals surface area (Å²) in [6, 6.07) is 7.17. The Kier molecular flexibility index (Phi) is 4.92. The first-order valence-corrected chi connectivity index (χ1v) is 8.56. The molecule has 2 aliphatic heterocycles. The highest BCUT2D eigenvalue weighted by Crippen LogP contribution is 2.19. The van der Waals surface area contributed by atoms with Gasteiger partial charge in [-0.2, -0.15) is 0 Å². The molecule has 0 aliphatic carbocycles. The number of benzene rings is 1. The molecule has 134 valence electrons. The summed E-state index contributed by atoms with van der Waals surface area (Å²) < 4.78 is 0. The van der Waals surface area contributed by atoms with Gasteiger partial charge in [0, 0.05) is 26.2 Å². The quantitative estimate of drug-likeness (QED) is 0.858. The van der Waals surface area contributed by atoms with E-state index < -0.39 is 17.9 Å². The van der Waals surface area contributed by atoms with Crippen LogP contribution in [0.25, 0.3) is 0 Å². The Morgan fingerprint density at radius 3 is 2.56 bits per heavy atom. The standard InChI is InChI=1S/C18H23N3O4/c1-12-2-4-13(5-3-12)10-20-9-7-15(16(20)22)19-18(25)21-8-6-14(11-21)17(23)24/h2-5,14-15H,6-11H2,1H3,(H,19,25)(H,23,24)/t14-,15+/m0/s1. The van der Waals surface area contributed by atoms with Crippen LogP contribution in [-0.4, -0.2) is 58.5 Å². The van der Waals surface area contributed by atoms with Crippen LogP contribution < -0.4 is 5.32 Å². The first-order chi connectivity index (χ1) is 11.9. The minimum atomic E-state index is -0.878. The molecule has 0 radical (unpaired) electrons. The predicted molar refractivity (Wildman–Crippen MR) is 90.8 cm³/mol. The maximum Gasteiger partial charge on any atom is 0.318 e. The minimum Gasteiger partial charge on any atom is -0.481 e. The van der Waals surface area contributed by atoms with Gasteiger partial charge >= 0.3 is 12.0 Å². The third-order valence-electron chi connectivity index (χ3n) is 4.91. The zero-order valence-electron chi connectivity index (χ0n) is 14.3. The number of hydrogen-bond acceptors (Lipinski definition) is 3. The average molecular weight is 345 g/mol. The normalized spacial score (nSPS) is 23.2. The number of amides is 3. The average Bonchev–Trinajstić information content (AvgIpc) is 3.19. The molecule has 0 unspecified atom stereocenters. The predicted octanol–water partition coefficient (Wildman–Crippen LogP) is 1.21. The van der Waals surface area contributed by atoms with Crippen molar-refractivity contribution in [2.24, 2.45) is 5.92 Å². The van der Waals surface area contributed by atoms with Crippen LogP contribution in [0.5, 0.6) is 0 Å². The van der Waals surface area contributed by atoms with Crippen LogP contribution in [0.15, 0.2) is 24.3 Å². The number of carbonyl (C=O) groups is 3. The van der Waals surface area contributed by atoms with Crippen LogP contribution >= 0.6 is 0 Å². The second kappa shape index (κ2) is 7.13. The molecule has 1 aromatic rings.